The molecule has 1 saturated heterocycles. The first kappa shape index (κ1) is 10.8. The zero-order valence-corrected chi connectivity index (χ0v) is 9.85. The number of ether oxygens (including phenoxy) is 2. The summed E-state index contributed by atoms with van der Waals surface area (Å²) in [5.41, 5.74) is 0.424. The zero-order valence-electron chi connectivity index (χ0n) is 9.85. The van der Waals surface area contributed by atoms with Gasteiger partial charge in [0.25, 0.3) is 0 Å². The summed E-state index contributed by atoms with van der Waals surface area (Å²) in [6, 6.07) is 0. The van der Waals surface area contributed by atoms with Crippen molar-refractivity contribution in [3.05, 3.63) is 12.2 Å². The van der Waals surface area contributed by atoms with Crippen molar-refractivity contribution < 1.29 is 19.1 Å². The Morgan fingerprint density at radius 3 is 2.88 bits per heavy atom. The molecule has 0 amide bonds. The number of carbonyl (C=O) groups is 2. The fraction of sp³-hybridized carbons (Fsp3) is 0.692. The van der Waals surface area contributed by atoms with Crippen molar-refractivity contribution in [3.8, 4) is 0 Å². The molecule has 5 unspecified atom stereocenters. The molecule has 1 aliphatic heterocycles. The maximum atomic E-state index is 11.5. The van der Waals surface area contributed by atoms with E-state index >= 15 is 0 Å². The summed E-state index contributed by atoms with van der Waals surface area (Å²) in [5.74, 6) is 0.636. The van der Waals surface area contributed by atoms with E-state index in [9.17, 15) is 9.59 Å². The van der Waals surface area contributed by atoms with Crippen LogP contribution in [0.5, 0.6) is 0 Å². The van der Waals surface area contributed by atoms with E-state index in [1.807, 2.05) is 0 Å². The van der Waals surface area contributed by atoms with Crippen molar-refractivity contribution in [1.29, 1.82) is 0 Å². The lowest BCUT2D eigenvalue weighted by atomic mass is 9.84. The summed E-state index contributed by atoms with van der Waals surface area (Å²) in [6.45, 7) is 5.22. The number of hydrogen-bond acceptors (Lipinski definition) is 4. The Morgan fingerprint density at radius 1 is 1.41 bits per heavy atom. The lowest BCUT2D eigenvalue weighted by molar-refractivity contribution is -0.153. The van der Waals surface area contributed by atoms with E-state index in [4.69, 9.17) is 9.47 Å². The summed E-state index contributed by atoms with van der Waals surface area (Å²) in [6.07, 6.45) is 2.35. The van der Waals surface area contributed by atoms with Gasteiger partial charge in [-0.1, -0.05) is 6.58 Å². The molecule has 3 fully saturated rings. The van der Waals surface area contributed by atoms with Gasteiger partial charge >= 0.3 is 11.9 Å². The molecule has 3 aliphatic rings. The molecule has 0 spiro atoms. The second-order valence-corrected chi connectivity index (χ2v) is 5.44. The molecule has 0 aromatic rings. The van der Waals surface area contributed by atoms with Crippen LogP contribution >= 0.6 is 0 Å². The van der Waals surface area contributed by atoms with Crippen molar-refractivity contribution in [2.45, 2.75) is 38.4 Å². The molecule has 2 aliphatic carbocycles. The number of esters is 2. The molecule has 0 aromatic heterocycles. The third-order valence-electron chi connectivity index (χ3n) is 4.31. The van der Waals surface area contributed by atoms with Gasteiger partial charge in [-0.3, -0.25) is 4.79 Å². The van der Waals surface area contributed by atoms with Gasteiger partial charge in [0, 0.05) is 17.4 Å². The summed E-state index contributed by atoms with van der Waals surface area (Å²) in [5, 5.41) is 0. The first-order chi connectivity index (χ1) is 8.06. The zero-order chi connectivity index (χ0) is 12.2. The molecule has 0 radical (unpaired) electrons. The lowest BCUT2D eigenvalue weighted by Gasteiger charge is -2.29. The van der Waals surface area contributed by atoms with Crippen molar-refractivity contribution in [2.24, 2.45) is 17.8 Å². The van der Waals surface area contributed by atoms with E-state index in [1.54, 1.807) is 6.92 Å². The Kier molecular flexibility index (Phi) is 2.28. The largest absolute Gasteiger partial charge is 0.462 e. The standard InChI is InChI=1S/C13H16O4/c1-6(2)13(15)16-10-4-7-3-9(10)12-8(7)5-11(14)17-12/h7-10,12H,1,3-5H2,2H3. The second kappa shape index (κ2) is 3.59. The third-order valence-corrected chi connectivity index (χ3v) is 4.31. The molecule has 4 nitrogen and oxygen atoms in total. The molecule has 0 aromatic carbocycles. The highest BCUT2D eigenvalue weighted by Gasteiger charge is 2.59. The Morgan fingerprint density at radius 2 is 2.18 bits per heavy atom. The van der Waals surface area contributed by atoms with Gasteiger partial charge in [0.2, 0.25) is 0 Å². The Bertz CT molecular complexity index is 400. The molecule has 4 heteroatoms. The van der Waals surface area contributed by atoms with Crippen LogP contribution in [0.3, 0.4) is 0 Å². The lowest BCUT2D eigenvalue weighted by Crippen LogP contribution is -2.36. The van der Waals surface area contributed by atoms with Crippen LogP contribution in [0.15, 0.2) is 12.2 Å². The summed E-state index contributed by atoms with van der Waals surface area (Å²) in [4.78, 5) is 22.8. The third kappa shape index (κ3) is 1.58. The maximum Gasteiger partial charge on any atom is 0.333 e. The van der Waals surface area contributed by atoms with Crippen LogP contribution in [0.2, 0.25) is 0 Å². The van der Waals surface area contributed by atoms with Crippen molar-refractivity contribution >= 4 is 11.9 Å². The maximum absolute atomic E-state index is 11.5. The highest BCUT2D eigenvalue weighted by atomic mass is 16.6. The smallest absolute Gasteiger partial charge is 0.333 e. The Hall–Kier alpha value is -1.32. The van der Waals surface area contributed by atoms with Gasteiger partial charge in [0.05, 0.1) is 6.42 Å². The van der Waals surface area contributed by atoms with E-state index in [0.29, 0.717) is 23.8 Å². The van der Waals surface area contributed by atoms with Crippen LogP contribution in [-0.2, 0) is 19.1 Å². The van der Waals surface area contributed by atoms with Crippen molar-refractivity contribution in [3.63, 3.8) is 0 Å². The van der Waals surface area contributed by atoms with Gasteiger partial charge < -0.3 is 9.47 Å². The summed E-state index contributed by atoms with van der Waals surface area (Å²) >= 11 is 0. The van der Waals surface area contributed by atoms with Gasteiger partial charge in [-0.05, 0) is 25.7 Å². The van der Waals surface area contributed by atoms with E-state index < -0.39 is 0 Å². The summed E-state index contributed by atoms with van der Waals surface area (Å²) < 4.78 is 10.8. The predicted molar refractivity (Wildman–Crippen MR) is 58.9 cm³/mol. The minimum absolute atomic E-state index is 0.0100. The molecule has 2 saturated carbocycles. The van der Waals surface area contributed by atoms with Gasteiger partial charge in [-0.2, -0.15) is 0 Å². The number of hydrogen-bond donors (Lipinski definition) is 0. The van der Waals surface area contributed by atoms with Gasteiger partial charge in [0.15, 0.2) is 0 Å². The monoisotopic (exact) mass is 236 g/mol. The Balaban J connectivity index is 1.70. The van der Waals surface area contributed by atoms with Gasteiger partial charge in [0.1, 0.15) is 12.2 Å². The van der Waals surface area contributed by atoms with E-state index in [0.717, 1.165) is 12.8 Å². The second-order valence-electron chi connectivity index (χ2n) is 5.44. The fourth-order valence-corrected chi connectivity index (χ4v) is 3.58. The molecule has 3 rings (SSSR count). The first-order valence-corrected chi connectivity index (χ1v) is 6.12. The molecule has 1 heterocycles. The van der Waals surface area contributed by atoms with Crippen molar-refractivity contribution in [1.82, 2.24) is 0 Å². The molecular formula is C13H16O4. The van der Waals surface area contributed by atoms with Crippen LogP contribution < -0.4 is 0 Å². The fourth-order valence-electron chi connectivity index (χ4n) is 3.58. The van der Waals surface area contributed by atoms with Crippen LogP contribution in [-0.4, -0.2) is 24.1 Å². The first-order valence-electron chi connectivity index (χ1n) is 6.12. The highest BCUT2D eigenvalue weighted by Crippen LogP contribution is 2.54. The molecule has 0 N–H and O–H groups in total. The van der Waals surface area contributed by atoms with Crippen LogP contribution in [0.4, 0.5) is 0 Å². The predicted octanol–water partition coefficient (Wildman–Crippen LogP) is 1.45. The molecule has 5 atom stereocenters. The van der Waals surface area contributed by atoms with Crippen LogP contribution in [0.25, 0.3) is 0 Å². The molecule has 17 heavy (non-hydrogen) atoms. The molecule has 2 bridgehead atoms. The topological polar surface area (TPSA) is 52.6 Å². The number of fused-ring (bicyclic) bond motifs is 5. The van der Waals surface area contributed by atoms with E-state index in [1.165, 1.54) is 0 Å². The number of rotatable bonds is 2. The Labute approximate surface area is 100.0 Å². The minimum Gasteiger partial charge on any atom is -0.462 e. The highest BCUT2D eigenvalue weighted by molar-refractivity contribution is 5.87. The average Bonchev–Trinajstić information content (AvgIpc) is 2.87. The molecular weight excluding hydrogens is 220 g/mol. The van der Waals surface area contributed by atoms with Gasteiger partial charge in [-0.15, -0.1) is 0 Å². The minimum atomic E-state index is -0.330. The van der Waals surface area contributed by atoms with Crippen LogP contribution in [0.1, 0.15) is 26.2 Å². The molecule has 92 valence electrons. The quantitative estimate of drug-likeness (QED) is 0.538. The summed E-state index contributed by atoms with van der Waals surface area (Å²) in [7, 11) is 0. The van der Waals surface area contributed by atoms with Crippen molar-refractivity contribution in [2.75, 3.05) is 0 Å². The SMILES string of the molecule is C=C(C)C(=O)OC1CC2CC1C1OC(=O)CC21. The van der Waals surface area contributed by atoms with Crippen LogP contribution in [0, 0.1) is 17.8 Å². The van der Waals surface area contributed by atoms with Gasteiger partial charge in [-0.25, -0.2) is 4.79 Å². The number of carbonyl (C=O) groups excluding carboxylic acids is 2. The average molecular weight is 236 g/mol. The normalized spacial score (nSPS) is 42.2. The van der Waals surface area contributed by atoms with E-state index in [-0.39, 0.29) is 30.1 Å². The van der Waals surface area contributed by atoms with E-state index in [2.05, 4.69) is 6.58 Å².